The molecule has 2 fully saturated rings. The Balaban J connectivity index is 0. The largest absolute Gasteiger partial charge is 0.436 e. The second kappa shape index (κ2) is 20.4. The minimum atomic E-state index is -0.355. The molecular formula is C33H59N3O3. The lowest BCUT2D eigenvalue weighted by Crippen LogP contribution is -2.52. The first kappa shape index (κ1) is 38.6. The third kappa shape index (κ3) is 16.9. The number of allylic oxidation sites excluding steroid dienone is 6. The van der Waals surface area contributed by atoms with Crippen LogP contribution in [-0.2, 0) is 9.53 Å². The Morgan fingerprint density at radius 1 is 1.00 bits per heavy atom. The zero-order valence-electron chi connectivity index (χ0n) is 25.7. The Kier molecular flexibility index (Phi) is 20.2. The van der Waals surface area contributed by atoms with Gasteiger partial charge >= 0.3 is 6.09 Å². The highest BCUT2D eigenvalue weighted by molar-refractivity contribution is 5.79. The zero-order valence-corrected chi connectivity index (χ0v) is 25.7. The molecule has 3 rings (SSSR count). The van der Waals surface area contributed by atoms with Crippen molar-refractivity contribution in [3.63, 3.8) is 0 Å². The lowest BCUT2D eigenvalue weighted by atomic mass is 9.88. The number of carbonyl (C=O) groups excluding carboxylic acids is 2. The number of ether oxygens (including phenoxy) is 1. The molecule has 224 valence electrons. The van der Waals surface area contributed by atoms with E-state index in [1.54, 1.807) is 4.90 Å². The molecule has 6 nitrogen and oxygen atoms in total. The van der Waals surface area contributed by atoms with E-state index >= 15 is 0 Å². The van der Waals surface area contributed by atoms with Crippen molar-refractivity contribution in [2.24, 2.45) is 22.5 Å². The molecule has 0 bridgehead atoms. The van der Waals surface area contributed by atoms with Crippen LogP contribution in [0.5, 0.6) is 0 Å². The average Bonchev–Trinajstić information content (AvgIpc) is 3.08. The fraction of sp³-hybridized carbons (Fsp3) is 0.697. The van der Waals surface area contributed by atoms with E-state index in [0.29, 0.717) is 31.6 Å². The maximum atomic E-state index is 12.6. The predicted molar refractivity (Wildman–Crippen MR) is 167 cm³/mol. The van der Waals surface area contributed by atoms with Gasteiger partial charge in [-0.2, -0.15) is 0 Å². The Labute approximate surface area is 241 Å². The second-order valence-corrected chi connectivity index (χ2v) is 11.4. The third-order valence-corrected chi connectivity index (χ3v) is 5.92. The molecule has 0 aromatic carbocycles. The fourth-order valence-corrected chi connectivity index (χ4v) is 4.03. The van der Waals surface area contributed by atoms with E-state index in [1.807, 2.05) is 50.8 Å². The van der Waals surface area contributed by atoms with Crippen molar-refractivity contribution >= 4 is 12.0 Å². The lowest BCUT2D eigenvalue weighted by molar-refractivity contribution is -0.138. The Bertz CT molecular complexity index is 838. The van der Waals surface area contributed by atoms with E-state index in [1.165, 1.54) is 19.0 Å². The van der Waals surface area contributed by atoms with Crippen molar-refractivity contribution in [1.29, 1.82) is 0 Å². The van der Waals surface area contributed by atoms with Gasteiger partial charge in [0.25, 0.3) is 0 Å². The molecule has 1 saturated carbocycles. The van der Waals surface area contributed by atoms with Crippen molar-refractivity contribution in [2.75, 3.05) is 39.8 Å². The standard InChI is InChI=1S/C24H32N2O3.C5H12.C2H6.CH5N.CH4/c1-20-8-6-12-24(2,14-11-20)13-7-19-29-23(28)26-17-15-25(16-18-26)22(27)21-9-4-3-5-10-21;1-5(2,3)4;2*1-2;/h6,8,11-12,14,21H,3-5,9-10,15-19H2,1-2H3;1-4H3;1-2H3;2H2,1H3;1H4. The van der Waals surface area contributed by atoms with Crippen molar-refractivity contribution in [1.82, 2.24) is 9.80 Å². The van der Waals surface area contributed by atoms with E-state index in [-0.39, 0.29) is 37.4 Å². The van der Waals surface area contributed by atoms with Gasteiger partial charge in [-0.25, -0.2) is 4.79 Å². The van der Waals surface area contributed by atoms with Gasteiger partial charge in [-0.3, -0.25) is 4.79 Å². The summed E-state index contributed by atoms with van der Waals surface area (Å²) in [7, 11) is 1.50. The van der Waals surface area contributed by atoms with Crippen LogP contribution >= 0.6 is 0 Å². The number of piperazine rings is 1. The highest BCUT2D eigenvalue weighted by Gasteiger charge is 2.30. The topological polar surface area (TPSA) is 75.9 Å². The molecule has 2 N–H and O–H groups in total. The average molecular weight is 546 g/mol. The van der Waals surface area contributed by atoms with Gasteiger partial charge in [0.1, 0.15) is 0 Å². The van der Waals surface area contributed by atoms with Crippen LogP contribution < -0.4 is 5.73 Å². The van der Waals surface area contributed by atoms with Crippen LogP contribution in [-0.4, -0.2) is 61.6 Å². The lowest BCUT2D eigenvalue weighted by Gasteiger charge is -2.36. The smallest absolute Gasteiger partial charge is 0.410 e. The number of hydrogen-bond acceptors (Lipinski definition) is 4. The number of amides is 2. The van der Waals surface area contributed by atoms with Gasteiger partial charge in [0.05, 0.1) is 5.41 Å². The highest BCUT2D eigenvalue weighted by Crippen LogP contribution is 2.26. The third-order valence-electron chi connectivity index (χ3n) is 5.92. The second-order valence-electron chi connectivity index (χ2n) is 11.4. The minimum Gasteiger partial charge on any atom is -0.436 e. The van der Waals surface area contributed by atoms with Gasteiger partial charge in [0, 0.05) is 32.1 Å². The predicted octanol–water partition coefficient (Wildman–Crippen LogP) is 7.22. The molecule has 1 atom stereocenters. The molecule has 1 saturated heterocycles. The summed E-state index contributed by atoms with van der Waals surface area (Å²) >= 11 is 0. The van der Waals surface area contributed by atoms with Gasteiger partial charge in [0.15, 0.2) is 6.61 Å². The molecule has 0 aromatic rings. The molecule has 0 radical (unpaired) electrons. The summed E-state index contributed by atoms with van der Waals surface area (Å²) in [5.41, 5.74) is 5.82. The molecule has 1 aliphatic heterocycles. The first-order valence-corrected chi connectivity index (χ1v) is 14.3. The van der Waals surface area contributed by atoms with Gasteiger partial charge in [-0.1, -0.05) is 116 Å². The van der Waals surface area contributed by atoms with Gasteiger partial charge < -0.3 is 20.3 Å². The Morgan fingerprint density at radius 2 is 1.51 bits per heavy atom. The molecule has 1 heterocycles. The summed E-state index contributed by atoms with van der Waals surface area (Å²) in [5.74, 6) is 6.59. The maximum absolute atomic E-state index is 12.6. The van der Waals surface area contributed by atoms with Gasteiger partial charge in [-0.15, -0.1) is 0 Å². The highest BCUT2D eigenvalue weighted by atomic mass is 16.6. The Morgan fingerprint density at radius 3 is 2.05 bits per heavy atom. The van der Waals surface area contributed by atoms with Crippen molar-refractivity contribution in [2.45, 2.75) is 94.9 Å². The molecule has 1 unspecified atom stereocenters. The van der Waals surface area contributed by atoms with Crippen LogP contribution in [0.2, 0.25) is 0 Å². The summed E-state index contributed by atoms with van der Waals surface area (Å²) in [6.07, 6.45) is 15.4. The van der Waals surface area contributed by atoms with Crippen LogP contribution in [0, 0.1) is 28.6 Å². The van der Waals surface area contributed by atoms with Crippen molar-refractivity contribution in [3.8, 4) is 11.8 Å². The SMILES string of the molecule is C.CC.CC(C)(C)C.CC1=CC=CC(C)(C#CCOC(=O)N2CCN(C(=O)C3CCCCC3)CC2)C=C1.CN. The van der Waals surface area contributed by atoms with E-state index < -0.39 is 0 Å². The van der Waals surface area contributed by atoms with Crippen LogP contribution in [0.3, 0.4) is 0 Å². The monoisotopic (exact) mass is 545 g/mol. The molecular weight excluding hydrogens is 486 g/mol. The van der Waals surface area contributed by atoms with E-state index in [9.17, 15) is 9.59 Å². The first-order chi connectivity index (χ1) is 18.0. The summed E-state index contributed by atoms with van der Waals surface area (Å²) in [5, 5.41) is 0. The minimum absolute atomic E-state index is 0. The van der Waals surface area contributed by atoms with Gasteiger partial charge in [-0.05, 0) is 39.2 Å². The van der Waals surface area contributed by atoms with E-state index in [0.717, 1.165) is 25.7 Å². The number of hydrogen-bond donors (Lipinski definition) is 1. The molecule has 2 aliphatic carbocycles. The van der Waals surface area contributed by atoms with Crippen molar-refractivity contribution < 1.29 is 14.3 Å². The fourth-order valence-electron chi connectivity index (χ4n) is 4.03. The maximum Gasteiger partial charge on any atom is 0.410 e. The molecule has 39 heavy (non-hydrogen) atoms. The first-order valence-electron chi connectivity index (χ1n) is 14.3. The zero-order chi connectivity index (χ0) is 29.2. The summed E-state index contributed by atoms with van der Waals surface area (Å²) in [4.78, 5) is 28.5. The number of nitrogens with two attached hydrogens (primary N) is 1. The van der Waals surface area contributed by atoms with Crippen LogP contribution in [0.15, 0.2) is 36.0 Å². The summed E-state index contributed by atoms with van der Waals surface area (Å²) in [6, 6.07) is 0. The molecule has 2 amide bonds. The van der Waals surface area contributed by atoms with Crippen LogP contribution in [0.4, 0.5) is 4.79 Å². The Hall–Kier alpha value is -2.52. The normalized spacial score (nSPS) is 20.4. The molecule has 3 aliphatic rings. The van der Waals surface area contributed by atoms with Crippen LogP contribution in [0.1, 0.15) is 94.9 Å². The van der Waals surface area contributed by atoms with Crippen LogP contribution in [0.25, 0.3) is 0 Å². The summed E-state index contributed by atoms with van der Waals surface area (Å²) in [6.45, 7) is 19.1. The quantitative estimate of drug-likeness (QED) is 0.372. The molecule has 0 aromatic heterocycles. The van der Waals surface area contributed by atoms with E-state index in [2.05, 4.69) is 57.4 Å². The van der Waals surface area contributed by atoms with E-state index in [4.69, 9.17) is 4.74 Å². The van der Waals surface area contributed by atoms with Gasteiger partial charge in [0.2, 0.25) is 5.91 Å². The number of carbonyl (C=O) groups is 2. The van der Waals surface area contributed by atoms with Crippen molar-refractivity contribution in [3.05, 3.63) is 36.0 Å². The molecule has 0 spiro atoms. The number of rotatable bonds is 2. The number of nitrogens with zero attached hydrogens (tertiary/aromatic N) is 2. The summed E-state index contributed by atoms with van der Waals surface area (Å²) < 4.78 is 5.33. The molecule has 6 heteroatoms.